The summed E-state index contributed by atoms with van der Waals surface area (Å²) in [7, 11) is 0. The highest BCUT2D eigenvalue weighted by atomic mass is 19.4. The van der Waals surface area contributed by atoms with E-state index >= 15 is 0 Å². The Balaban J connectivity index is 1.78. The number of benzene rings is 1. The first-order valence-corrected chi connectivity index (χ1v) is 8.23. The van der Waals surface area contributed by atoms with Gasteiger partial charge in [0.05, 0.1) is 11.3 Å². The summed E-state index contributed by atoms with van der Waals surface area (Å²) in [6.45, 7) is 6.60. The summed E-state index contributed by atoms with van der Waals surface area (Å²) >= 11 is 0. The number of aromatic nitrogens is 2. The maximum absolute atomic E-state index is 12.6. The minimum Gasteiger partial charge on any atom is -0.484 e. The van der Waals surface area contributed by atoms with Crippen LogP contribution in [-0.4, -0.2) is 28.8 Å². The average molecular weight is 369 g/mol. The minimum atomic E-state index is -4.44. The number of halogens is 3. The fourth-order valence-electron chi connectivity index (χ4n) is 2.47. The summed E-state index contributed by atoms with van der Waals surface area (Å²) in [5.41, 5.74) is 1.18. The van der Waals surface area contributed by atoms with Gasteiger partial charge in [-0.2, -0.15) is 18.3 Å². The molecule has 1 N–H and O–H groups in total. The topological polar surface area (TPSA) is 56.2 Å². The zero-order valence-corrected chi connectivity index (χ0v) is 14.9. The van der Waals surface area contributed by atoms with Crippen molar-refractivity contribution in [2.75, 3.05) is 13.2 Å². The second-order valence-corrected chi connectivity index (χ2v) is 6.33. The lowest BCUT2D eigenvalue weighted by molar-refractivity contribution is -0.137. The maximum atomic E-state index is 12.6. The third-order valence-corrected chi connectivity index (χ3v) is 3.77. The van der Waals surface area contributed by atoms with Crippen LogP contribution in [0.1, 0.15) is 23.9 Å². The fraction of sp³-hybridized carbons (Fsp3) is 0.444. The second kappa shape index (κ2) is 8.25. The monoisotopic (exact) mass is 369 g/mol. The van der Waals surface area contributed by atoms with Gasteiger partial charge >= 0.3 is 6.18 Å². The number of alkyl halides is 3. The molecule has 1 unspecified atom stereocenters. The minimum absolute atomic E-state index is 0.00524. The van der Waals surface area contributed by atoms with Gasteiger partial charge in [0.15, 0.2) is 6.61 Å². The van der Waals surface area contributed by atoms with Crippen LogP contribution in [0.5, 0.6) is 5.75 Å². The molecule has 0 saturated heterocycles. The summed E-state index contributed by atoms with van der Waals surface area (Å²) in [4.78, 5) is 11.8. The SMILES string of the molecule is Cc1cc(C)n(CC(C)CNC(=O)COc2cccc(C(F)(F)F)c2)n1. The Labute approximate surface area is 150 Å². The molecular weight excluding hydrogens is 347 g/mol. The molecule has 142 valence electrons. The van der Waals surface area contributed by atoms with Crippen LogP contribution < -0.4 is 10.1 Å². The largest absolute Gasteiger partial charge is 0.484 e. The number of hydrogen-bond donors (Lipinski definition) is 1. The third kappa shape index (κ3) is 5.79. The quantitative estimate of drug-likeness (QED) is 0.814. The van der Waals surface area contributed by atoms with Crippen LogP contribution in [-0.2, 0) is 17.5 Å². The van der Waals surface area contributed by atoms with Crippen molar-refractivity contribution < 1.29 is 22.7 Å². The Hall–Kier alpha value is -2.51. The van der Waals surface area contributed by atoms with Crippen LogP contribution in [0.25, 0.3) is 0 Å². The Bertz CT molecular complexity index is 756. The Morgan fingerprint density at radius 1 is 1.31 bits per heavy atom. The summed E-state index contributed by atoms with van der Waals surface area (Å²) in [6.07, 6.45) is -4.44. The molecule has 0 aliphatic carbocycles. The molecular formula is C18H22F3N3O2. The molecule has 1 aromatic heterocycles. The van der Waals surface area contributed by atoms with Crippen LogP contribution >= 0.6 is 0 Å². The van der Waals surface area contributed by atoms with Crippen molar-refractivity contribution in [3.8, 4) is 5.75 Å². The molecule has 0 bridgehead atoms. The number of carbonyl (C=O) groups is 1. The zero-order chi connectivity index (χ0) is 19.3. The van der Waals surface area contributed by atoms with Gasteiger partial charge in [0.25, 0.3) is 5.91 Å². The maximum Gasteiger partial charge on any atom is 0.416 e. The second-order valence-electron chi connectivity index (χ2n) is 6.33. The van der Waals surface area contributed by atoms with E-state index in [1.54, 1.807) is 0 Å². The van der Waals surface area contributed by atoms with E-state index in [-0.39, 0.29) is 24.2 Å². The number of nitrogens with one attached hydrogen (secondary N) is 1. The first-order valence-electron chi connectivity index (χ1n) is 8.23. The van der Waals surface area contributed by atoms with Gasteiger partial charge in [0, 0.05) is 18.8 Å². The number of amides is 1. The van der Waals surface area contributed by atoms with Gasteiger partial charge in [-0.05, 0) is 44.0 Å². The average Bonchev–Trinajstić information content (AvgIpc) is 2.88. The first kappa shape index (κ1) is 19.8. The van der Waals surface area contributed by atoms with E-state index in [0.29, 0.717) is 13.1 Å². The standard InChI is InChI=1S/C18H22F3N3O2/c1-12(10-24-14(3)7-13(2)23-24)9-22-17(25)11-26-16-6-4-5-15(8-16)18(19,20)21/h4-8,12H,9-11H2,1-3H3,(H,22,25). The summed E-state index contributed by atoms with van der Waals surface area (Å²) in [6, 6.07) is 6.43. The number of ether oxygens (including phenoxy) is 1. The van der Waals surface area contributed by atoms with Crippen molar-refractivity contribution >= 4 is 5.91 Å². The summed E-state index contributed by atoms with van der Waals surface area (Å²) in [5, 5.41) is 7.09. The fourth-order valence-corrected chi connectivity index (χ4v) is 2.47. The molecule has 2 aromatic rings. The lowest BCUT2D eigenvalue weighted by Crippen LogP contribution is -2.33. The van der Waals surface area contributed by atoms with E-state index in [9.17, 15) is 18.0 Å². The molecule has 0 saturated carbocycles. The highest BCUT2D eigenvalue weighted by Gasteiger charge is 2.30. The van der Waals surface area contributed by atoms with Crippen molar-refractivity contribution in [2.24, 2.45) is 5.92 Å². The third-order valence-electron chi connectivity index (χ3n) is 3.77. The normalized spacial score (nSPS) is 12.7. The molecule has 1 aromatic carbocycles. The summed E-state index contributed by atoms with van der Waals surface area (Å²) < 4.78 is 45.0. The molecule has 0 aliphatic rings. The summed E-state index contributed by atoms with van der Waals surface area (Å²) in [5.74, 6) is -0.237. The van der Waals surface area contributed by atoms with E-state index in [4.69, 9.17) is 4.74 Å². The molecule has 5 nitrogen and oxygen atoms in total. The van der Waals surface area contributed by atoms with E-state index in [1.807, 2.05) is 31.5 Å². The smallest absolute Gasteiger partial charge is 0.416 e. The van der Waals surface area contributed by atoms with Crippen LogP contribution in [0, 0.1) is 19.8 Å². The van der Waals surface area contributed by atoms with E-state index in [0.717, 1.165) is 23.5 Å². The molecule has 26 heavy (non-hydrogen) atoms. The van der Waals surface area contributed by atoms with Crippen molar-refractivity contribution in [1.82, 2.24) is 15.1 Å². The van der Waals surface area contributed by atoms with Gasteiger partial charge in [-0.25, -0.2) is 0 Å². The van der Waals surface area contributed by atoms with Gasteiger partial charge in [0.1, 0.15) is 5.75 Å². The van der Waals surface area contributed by atoms with Crippen molar-refractivity contribution in [3.63, 3.8) is 0 Å². The zero-order valence-electron chi connectivity index (χ0n) is 14.9. The van der Waals surface area contributed by atoms with Crippen molar-refractivity contribution in [3.05, 3.63) is 47.3 Å². The highest BCUT2D eigenvalue weighted by molar-refractivity contribution is 5.77. The van der Waals surface area contributed by atoms with Crippen LogP contribution in [0.2, 0.25) is 0 Å². The molecule has 8 heteroatoms. The molecule has 0 aliphatic heterocycles. The molecule has 1 heterocycles. The Kier molecular flexibility index (Phi) is 6.28. The van der Waals surface area contributed by atoms with Gasteiger partial charge in [0.2, 0.25) is 0 Å². The first-order chi connectivity index (χ1) is 12.1. The number of hydrogen-bond acceptors (Lipinski definition) is 3. The van der Waals surface area contributed by atoms with Gasteiger partial charge in [-0.15, -0.1) is 0 Å². The van der Waals surface area contributed by atoms with Crippen LogP contribution in [0.15, 0.2) is 30.3 Å². The highest BCUT2D eigenvalue weighted by Crippen LogP contribution is 2.31. The number of aryl methyl sites for hydroxylation is 2. The predicted octanol–water partition coefficient (Wildman–Crippen LogP) is 3.35. The number of carbonyl (C=O) groups excluding carboxylic acids is 1. The molecule has 0 spiro atoms. The van der Waals surface area contributed by atoms with Crippen LogP contribution in [0.4, 0.5) is 13.2 Å². The number of nitrogens with zero attached hydrogens (tertiary/aromatic N) is 2. The lowest BCUT2D eigenvalue weighted by atomic mass is 10.2. The van der Waals surface area contributed by atoms with E-state index in [1.165, 1.54) is 12.1 Å². The predicted molar refractivity (Wildman–Crippen MR) is 90.8 cm³/mol. The van der Waals surface area contributed by atoms with Gasteiger partial charge < -0.3 is 10.1 Å². The molecule has 2 rings (SSSR count). The van der Waals surface area contributed by atoms with E-state index < -0.39 is 11.7 Å². The Morgan fingerprint density at radius 3 is 2.65 bits per heavy atom. The molecule has 1 amide bonds. The number of rotatable bonds is 7. The molecule has 1 atom stereocenters. The Morgan fingerprint density at radius 2 is 2.04 bits per heavy atom. The van der Waals surface area contributed by atoms with Crippen LogP contribution in [0.3, 0.4) is 0 Å². The molecule has 0 radical (unpaired) electrons. The van der Waals surface area contributed by atoms with Crippen molar-refractivity contribution in [1.29, 1.82) is 0 Å². The lowest BCUT2D eigenvalue weighted by Gasteiger charge is -2.14. The van der Waals surface area contributed by atoms with Gasteiger partial charge in [-0.3, -0.25) is 9.48 Å². The van der Waals surface area contributed by atoms with Crippen molar-refractivity contribution in [2.45, 2.75) is 33.5 Å². The molecule has 0 fully saturated rings. The van der Waals surface area contributed by atoms with Gasteiger partial charge in [-0.1, -0.05) is 13.0 Å². The van der Waals surface area contributed by atoms with E-state index in [2.05, 4.69) is 10.4 Å².